The van der Waals surface area contributed by atoms with Gasteiger partial charge in [-0.25, -0.2) is 4.79 Å². The maximum atomic E-state index is 12.2. The van der Waals surface area contributed by atoms with Crippen molar-refractivity contribution in [2.24, 2.45) is 0 Å². The van der Waals surface area contributed by atoms with Crippen molar-refractivity contribution in [1.82, 2.24) is 0 Å². The number of carbonyl (C=O) groups is 1. The third kappa shape index (κ3) is 3.00. The fourth-order valence-electron chi connectivity index (χ4n) is 2.60. The maximum Gasteiger partial charge on any atom is 0.343 e. The highest BCUT2D eigenvalue weighted by atomic mass is 79.9. The molecule has 5 nitrogen and oxygen atoms in total. The monoisotopic (exact) mass is 400 g/mol. The molecule has 2 aliphatic heterocycles. The average Bonchev–Trinajstić information content (AvgIpc) is 3.22. The van der Waals surface area contributed by atoms with Gasteiger partial charge in [0.05, 0.1) is 12.7 Å². The molecule has 0 saturated heterocycles. The zero-order chi connectivity index (χ0) is 17.4. The van der Waals surface area contributed by atoms with Crippen molar-refractivity contribution in [3.8, 4) is 17.2 Å². The zero-order valence-corrected chi connectivity index (χ0v) is 14.8. The molecule has 0 aliphatic carbocycles. The Bertz CT molecular complexity index is 912. The first kappa shape index (κ1) is 15.8. The van der Waals surface area contributed by atoms with E-state index in [-0.39, 0.29) is 6.79 Å². The van der Waals surface area contributed by atoms with Gasteiger partial charge in [0.15, 0.2) is 11.5 Å². The second-order valence-electron chi connectivity index (χ2n) is 5.45. The van der Waals surface area contributed by atoms with E-state index in [1.165, 1.54) is 0 Å². The lowest BCUT2D eigenvalue weighted by atomic mass is 10.1. The van der Waals surface area contributed by atoms with Gasteiger partial charge in [-0.15, -0.1) is 0 Å². The van der Waals surface area contributed by atoms with E-state index >= 15 is 0 Å². The Morgan fingerprint density at radius 3 is 2.56 bits per heavy atom. The van der Waals surface area contributed by atoms with Crippen molar-refractivity contribution in [1.29, 1.82) is 0 Å². The van der Waals surface area contributed by atoms with Gasteiger partial charge in [-0.3, -0.25) is 0 Å². The fraction of sp³-hybridized carbons (Fsp3) is 0.105. The van der Waals surface area contributed by atoms with E-state index in [0.717, 1.165) is 21.3 Å². The Balaban J connectivity index is 1.67. The van der Waals surface area contributed by atoms with Crippen LogP contribution in [0.25, 0.3) is 11.8 Å². The summed E-state index contributed by atoms with van der Waals surface area (Å²) in [6, 6.07) is 11.0. The molecule has 0 unspecified atom stereocenters. The Morgan fingerprint density at radius 1 is 1.12 bits per heavy atom. The SMILES string of the molecule is COc1ccc(C2=C/C(=C/c3cc4c(cc3Br)OCO4)C(=O)O2)cc1. The van der Waals surface area contributed by atoms with E-state index in [4.69, 9.17) is 18.9 Å². The summed E-state index contributed by atoms with van der Waals surface area (Å²) in [5.41, 5.74) is 2.08. The van der Waals surface area contributed by atoms with Crippen molar-refractivity contribution >= 4 is 33.7 Å². The number of methoxy groups -OCH3 is 1. The molecule has 0 fully saturated rings. The van der Waals surface area contributed by atoms with Gasteiger partial charge in [-0.05, 0) is 54.1 Å². The molecule has 2 aliphatic rings. The standard InChI is InChI=1S/C19H13BrO5/c1-22-14-4-2-11(3-5-14)16-8-13(19(21)25-16)6-12-7-17-18(9-15(12)20)24-10-23-17/h2-9H,10H2,1H3/b13-6-. The molecule has 0 spiro atoms. The summed E-state index contributed by atoms with van der Waals surface area (Å²) in [5, 5.41) is 0. The lowest BCUT2D eigenvalue weighted by Crippen LogP contribution is -1.97. The Morgan fingerprint density at radius 2 is 1.84 bits per heavy atom. The number of esters is 1. The Hall–Kier alpha value is -2.73. The van der Waals surface area contributed by atoms with Gasteiger partial charge < -0.3 is 18.9 Å². The van der Waals surface area contributed by atoms with Crippen LogP contribution in [0, 0.1) is 0 Å². The largest absolute Gasteiger partial charge is 0.497 e. The average molecular weight is 401 g/mol. The summed E-state index contributed by atoms with van der Waals surface area (Å²) in [5.74, 6) is 2.19. The molecule has 4 rings (SSSR count). The highest BCUT2D eigenvalue weighted by Gasteiger charge is 2.23. The first-order chi connectivity index (χ1) is 12.1. The molecule has 0 radical (unpaired) electrons. The van der Waals surface area contributed by atoms with Crippen LogP contribution in [0.3, 0.4) is 0 Å². The summed E-state index contributed by atoms with van der Waals surface area (Å²) in [7, 11) is 1.61. The predicted molar refractivity (Wildman–Crippen MR) is 95.3 cm³/mol. The van der Waals surface area contributed by atoms with Crippen molar-refractivity contribution < 1.29 is 23.7 Å². The number of hydrogen-bond donors (Lipinski definition) is 0. The van der Waals surface area contributed by atoms with Crippen LogP contribution in [-0.2, 0) is 9.53 Å². The molecule has 0 atom stereocenters. The lowest BCUT2D eigenvalue weighted by molar-refractivity contribution is -0.130. The number of carbonyl (C=O) groups excluding carboxylic acids is 1. The van der Waals surface area contributed by atoms with Gasteiger partial charge in [0.2, 0.25) is 6.79 Å². The van der Waals surface area contributed by atoms with Gasteiger partial charge in [0.1, 0.15) is 11.5 Å². The molecule has 0 amide bonds. The van der Waals surface area contributed by atoms with E-state index in [1.807, 2.05) is 36.4 Å². The number of ether oxygens (including phenoxy) is 4. The molecular formula is C19H13BrO5. The first-order valence-electron chi connectivity index (χ1n) is 7.53. The van der Waals surface area contributed by atoms with Crippen molar-refractivity contribution in [2.45, 2.75) is 0 Å². The zero-order valence-electron chi connectivity index (χ0n) is 13.2. The Labute approximate surface area is 152 Å². The minimum atomic E-state index is -0.393. The summed E-state index contributed by atoms with van der Waals surface area (Å²) in [6.45, 7) is 0.200. The van der Waals surface area contributed by atoms with E-state index in [9.17, 15) is 4.79 Å². The fourth-order valence-corrected chi connectivity index (χ4v) is 3.03. The Kier molecular flexibility index (Phi) is 3.97. The second-order valence-corrected chi connectivity index (χ2v) is 6.31. The molecule has 2 heterocycles. The molecule has 126 valence electrons. The molecular weight excluding hydrogens is 388 g/mol. The third-order valence-electron chi connectivity index (χ3n) is 3.90. The molecule has 0 saturated carbocycles. The molecule has 6 heteroatoms. The first-order valence-corrected chi connectivity index (χ1v) is 8.32. The normalized spacial score (nSPS) is 16.8. The van der Waals surface area contributed by atoms with Gasteiger partial charge in [-0.1, -0.05) is 15.9 Å². The van der Waals surface area contributed by atoms with Crippen LogP contribution in [0.2, 0.25) is 0 Å². The number of rotatable bonds is 3. The van der Waals surface area contributed by atoms with Crippen LogP contribution in [0.1, 0.15) is 11.1 Å². The highest BCUT2D eigenvalue weighted by Crippen LogP contribution is 2.38. The highest BCUT2D eigenvalue weighted by molar-refractivity contribution is 9.10. The topological polar surface area (TPSA) is 54.0 Å². The van der Waals surface area contributed by atoms with Crippen LogP contribution < -0.4 is 14.2 Å². The van der Waals surface area contributed by atoms with Gasteiger partial charge >= 0.3 is 5.97 Å². The third-order valence-corrected chi connectivity index (χ3v) is 4.59. The van der Waals surface area contributed by atoms with Crippen LogP contribution in [0.5, 0.6) is 17.2 Å². The molecule has 25 heavy (non-hydrogen) atoms. The number of benzene rings is 2. The summed E-state index contributed by atoms with van der Waals surface area (Å²) < 4.78 is 22.0. The van der Waals surface area contributed by atoms with Crippen LogP contribution in [-0.4, -0.2) is 19.9 Å². The number of fused-ring (bicyclic) bond motifs is 1. The van der Waals surface area contributed by atoms with Gasteiger partial charge in [-0.2, -0.15) is 0 Å². The van der Waals surface area contributed by atoms with Crippen LogP contribution in [0.4, 0.5) is 0 Å². The number of hydrogen-bond acceptors (Lipinski definition) is 5. The van der Waals surface area contributed by atoms with Crippen LogP contribution >= 0.6 is 15.9 Å². The number of cyclic esters (lactones) is 1. The minimum absolute atomic E-state index is 0.200. The summed E-state index contributed by atoms with van der Waals surface area (Å²) >= 11 is 3.49. The molecule has 0 aromatic heterocycles. The molecule has 2 aromatic carbocycles. The van der Waals surface area contributed by atoms with E-state index < -0.39 is 5.97 Å². The summed E-state index contributed by atoms with van der Waals surface area (Å²) in [4.78, 5) is 12.2. The van der Waals surface area contributed by atoms with Gasteiger partial charge in [0.25, 0.3) is 0 Å². The molecule has 0 N–H and O–H groups in total. The van der Waals surface area contributed by atoms with Crippen molar-refractivity contribution in [3.63, 3.8) is 0 Å². The molecule has 0 bridgehead atoms. The number of halogens is 1. The van der Waals surface area contributed by atoms with E-state index in [0.29, 0.717) is 22.8 Å². The smallest absolute Gasteiger partial charge is 0.343 e. The second kappa shape index (κ2) is 6.29. The minimum Gasteiger partial charge on any atom is -0.497 e. The maximum absolute atomic E-state index is 12.2. The van der Waals surface area contributed by atoms with E-state index in [2.05, 4.69) is 15.9 Å². The quantitative estimate of drug-likeness (QED) is 0.571. The van der Waals surface area contributed by atoms with Crippen molar-refractivity contribution in [3.05, 3.63) is 63.6 Å². The summed E-state index contributed by atoms with van der Waals surface area (Å²) in [6.07, 6.45) is 3.48. The van der Waals surface area contributed by atoms with Crippen LogP contribution in [0.15, 0.2) is 52.5 Å². The van der Waals surface area contributed by atoms with Crippen molar-refractivity contribution in [2.75, 3.05) is 13.9 Å². The predicted octanol–water partition coefficient (Wildman–Crippen LogP) is 4.17. The van der Waals surface area contributed by atoms with E-state index in [1.54, 1.807) is 19.3 Å². The molecule has 2 aromatic rings. The lowest BCUT2D eigenvalue weighted by Gasteiger charge is -2.03. The van der Waals surface area contributed by atoms with Gasteiger partial charge in [0, 0.05) is 10.0 Å².